The third kappa shape index (κ3) is 3.43. The molecule has 8 rings (SSSR count). The molecule has 0 N–H and O–H groups in total. The summed E-state index contributed by atoms with van der Waals surface area (Å²) in [4.78, 5) is 5.00. The Morgan fingerprint density at radius 3 is 1.65 bits per heavy atom. The van der Waals surface area contributed by atoms with Crippen molar-refractivity contribution in [1.29, 1.82) is 0 Å². The van der Waals surface area contributed by atoms with Crippen LogP contribution in [0.3, 0.4) is 0 Å². The van der Waals surface area contributed by atoms with E-state index in [1.807, 2.05) is 36.0 Å². The number of ether oxygens (including phenoxy) is 1. The lowest BCUT2D eigenvalue weighted by Gasteiger charge is -2.51. The molecule has 0 saturated heterocycles. The van der Waals surface area contributed by atoms with Gasteiger partial charge in [0.05, 0.1) is 11.4 Å². The van der Waals surface area contributed by atoms with Crippen molar-refractivity contribution in [2.45, 2.75) is 9.79 Å². The highest BCUT2D eigenvalue weighted by atomic mass is 32.2. The van der Waals surface area contributed by atoms with Crippen LogP contribution in [0.15, 0.2) is 161 Å². The lowest BCUT2D eigenvalue weighted by Crippen LogP contribution is -2.76. The molecule has 0 atom stereocenters. The van der Waals surface area contributed by atoms with E-state index >= 15 is 0 Å². The molecule has 0 amide bonds. The van der Waals surface area contributed by atoms with Crippen molar-refractivity contribution >= 4 is 57.6 Å². The molecule has 191 valence electrons. The Bertz CT molecular complexity index is 1790. The van der Waals surface area contributed by atoms with E-state index in [2.05, 4.69) is 132 Å². The van der Waals surface area contributed by atoms with Crippen molar-refractivity contribution < 1.29 is 4.74 Å². The maximum Gasteiger partial charge on any atom is 0.151 e. The molecule has 0 fully saturated rings. The molecule has 0 spiro atoms. The molecule has 0 unspecified atom stereocenters. The molecule has 0 saturated carbocycles. The summed E-state index contributed by atoms with van der Waals surface area (Å²) in [7, 11) is -2.56. The number of rotatable bonds is 3. The molecule has 2 aliphatic heterocycles. The van der Waals surface area contributed by atoms with Gasteiger partial charge < -0.3 is 9.64 Å². The van der Waals surface area contributed by atoms with Crippen LogP contribution in [0.5, 0.6) is 11.5 Å². The first kappa shape index (κ1) is 23.4. The highest BCUT2D eigenvalue weighted by molar-refractivity contribution is 8.00. The van der Waals surface area contributed by atoms with Gasteiger partial charge in [-0.3, -0.25) is 0 Å². The van der Waals surface area contributed by atoms with Gasteiger partial charge in [-0.1, -0.05) is 127 Å². The first-order valence-corrected chi connectivity index (χ1v) is 16.3. The smallest absolute Gasteiger partial charge is 0.151 e. The summed E-state index contributed by atoms with van der Waals surface area (Å²) in [6, 6.07) is 55.0. The quantitative estimate of drug-likeness (QED) is 0.219. The third-order valence-electron chi connectivity index (χ3n) is 7.98. The molecular formula is C36H25NOSSi-. The largest absolute Gasteiger partial charge is 0.453 e. The van der Waals surface area contributed by atoms with E-state index in [1.165, 1.54) is 30.5 Å². The van der Waals surface area contributed by atoms with E-state index in [0.717, 1.165) is 28.6 Å². The Labute approximate surface area is 239 Å². The molecule has 4 heteroatoms. The minimum atomic E-state index is -2.56. The number of para-hydroxylation sites is 4. The second-order valence-electron chi connectivity index (χ2n) is 10.1. The van der Waals surface area contributed by atoms with Crippen molar-refractivity contribution in [2.75, 3.05) is 4.90 Å². The van der Waals surface area contributed by atoms with Crippen molar-refractivity contribution in [3.05, 3.63) is 152 Å². The van der Waals surface area contributed by atoms with Crippen LogP contribution < -0.4 is 30.4 Å². The van der Waals surface area contributed by atoms with Crippen LogP contribution in [0.2, 0.25) is 0 Å². The monoisotopic (exact) mass is 547 g/mol. The number of fused-ring (bicyclic) bond motifs is 4. The fraction of sp³-hybridized carbons (Fsp3) is 0. The summed E-state index contributed by atoms with van der Waals surface area (Å²) >= 11 is 1.89. The summed E-state index contributed by atoms with van der Waals surface area (Å²) in [6.07, 6.45) is 0. The molecule has 2 aliphatic rings. The Balaban J connectivity index is 1.40. The van der Waals surface area contributed by atoms with Crippen LogP contribution in [0.1, 0.15) is 0 Å². The Morgan fingerprint density at radius 2 is 1.00 bits per heavy atom. The van der Waals surface area contributed by atoms with E-state index in [-0.39, 0.29) is 0 Å². The topological polar surface area (TPSA) is 12.5 Å². The summed E-state index contributed by atoms with van der Waals surface area (Å²) in [5.74, 6) is 1.74. The van der Waals surface area contributed by atoms with Crippen LogP contribution >= 0.6 is 11.8 Å². The van der Waals surface area contributed by atoms with Crippen molar-refractivity contribution in [2.24, 2.45) is 0 Å². The normalized spacial score (nSPS) is 14.2. The van der Waals surface area contributed by atoms with Gasteiger partial charge in [-0.15, -0.1) is 0 Å². The van der Waals surface area contributed by atoms with Crippen LogP contribution in [0.4, 0.5) is 17.1 Å². The number of anilines is 3. The zero-order valence-electron chi connectivity index (χ0n) is 21.7. The molecule has 0 aromatic heterocycles. The first-order valence-electron chi connectivity index (χ1n) is 13.5. The van der Waals surface area contributed by atoms with E-state index in [0.29, 0.717) is 0 Å². The summed E-state index contributed by atoms with van der Waals surface area (Å²) in [5.41, 5.74) is 3.24. The SMILES string of the molecule is c1ccc([Si-]2(c3ccccc3)c3ccccc3Sc3cc(N4c5ccccc5Oc5ccccc54)ccc32)cc1. The minimum absolute atomic E-state index is 0.870. The van der Waals surface area contributed by atoms with Crippen molar-refractivity contribution in [3.63, 3.8) is 0 Å². The minimum Gasteiger partial charge on any atom is -0.453 e. The van der Waals surface area contributed by atoms with E-state index in [9.17, 15) is 0 Å². The van der Waals surface area contributed by atoms with Crippen LogP contribution in [-0.4, -0.2) is 8.07 Å². The number of hydrogen-bond donors (Lipinski definition) is 0. The molecule has 0 radical (unpaired) electrons. The number of hydrogen-bond acceptors (Lipinski definition) is 3. The van der Waals surface area contributed by atoms with Gasteiger partial charge in [0.1, 0.15) is 0 Å². The predicted octanol–water partition coefficient (Wildman–Crippen LogP) is 7.10. The summed E-state index contributed by atoms with van der Waals surface area (Å²) in [5, 5.41) is 5.71. The third-order valence-corrected chi connectivity index (χ3v) is 14.4. The molecular weight excluding hydrogens is 523 g/mol. The molecule has 6 aromatic carbocycles. The van der Waals surface area contributed by atoms with Gasteiger partial charge in [-0.25, -0.2) is 0 Å². The Kier molecular flexibility index (Phi) is 5.44. The molecule has 0 aliphatic carbocycles. The zero-order valence-corrected chi connectivity index (χ0v) is 23.5. The fourth-order valence-corrected chi connectivity index (χ4v) is 13.3. The summed E-state index contributed by atoms with van der Waals surface area (Å²) in [6.45, 7) is 0. The highest BCUT2D eigenvalue weighted by Gasteiger charge is 2.35. The second kappa shape index (κ2) is 9.30. The van der Waals surface area contributed by atoms with E-state index in [1.54, 1.807) is 0 Å². The molecule has 6 aromatic rings. The Morgan fingerprint density at radius 1 is 0.475 bits per heavy atom. The van der Waals surface area contributed by atoms with Crippen LogP contribution in [0, 0.1) is 0 Å². The van der Waals surface area contributed by atoms with Gasteiger partial charge in [0.15, 0.2) is 11.5 Å². The average molecular weight is 548 g/mol. The summed E-state index contributed by atoms with van der Waals surface area (Å²) < 4.78 is 6.30. The Hall–Kier alpha value is -4.51. The van der Waals surface area contributed by atoms with Gasteiger partial charge in [0, 0.05) is 5.69 Å². The molecule has 2 nitrogen and oxygen atoms in total. The number of benzene rings is 6. The van der Waals surface area contributed by atoms with Gasteiger partial charge in [0.25, 0.3) is 0 Å². The van der Waals surface area contributed by atoms with Crippen molar-refractivity contribution in [1.82, 2.24) is 0 Å². The predicted molar refractivity (Wildman–Crippen MR) is 169 cm³/mol. The molecule has 2 heterocycles. The van der Waals surface area contributed by atoms with Gasteiger partial charge in [-0.05, 0) is 54.3 Å². The van der Waals surface area contributed by atoms with E-state index in [4.69, 9.17) is 4.74 Å². The standard InChI is InChI=1S/C36H25NOSSi/c1-3-13-27(14-4-1)40(28-15-5-2-6-16-28)35-22-12-11-21-33(35)39-34-25-26(23-24-36(34)40)37-29-17-7-9-19-31(29)38-32-20-10-8-18-30(32)37/h1-25H/q-1. The second-order valence-corrected chi connectivity index (χ2v) is 14.9. The lowest BCUT2D eigenvalue weighted by atomic mass is 10.1. The first-order chi connectivity index (χ1) is 19.8. The molecule has 0 bridgehead atoms. The van der Waals surface area contributed by atoms with E-state index < -0.39 is 8.07 Å². The van der Waals surface area contributed by atoms with Gasteiger partial charge in [0.2, 0.25) is 0 Å². The number of nitrogens with zero attached hydrogens (tertiary/aromatic N) is 1. The molecule has 40 heavy (non-hydrogen) atoms. The highest BCUT2D eigenvalue weighted by Crippen LogP contribution is 2.50. The zero-order chi connectivity index (χ0) is 26.5. The van der Waals surface area contributed by atoms with Crippen LogP contribution in [0.25, 0.3) is 0 Å². The van der Waals surface area contributed by atoms with Gasteiger partial charge in [-0.2, -0.15) is 20.7 Å². The maximum atomic E-state index is 6.30. The lowest BCUT2D eigenvalue weighted by molar-refractivity contribution is 0.477. The average Bonchev–Trinajstić information content (AvgIpc) is 3.03. The van der Waals surface area contributed by atoms with Gasteiger partial charge >= 0.3 is 0 Å². The van der Waals surface area contributed by atoms with Crippen molar-refractivity contribution in [3.8, 4) is 11.5 Å². The van der Waals surface area contributed by atoms with Crippen LogP contribution in [-0.2, 0) is 0 Å². The fourth-order valence-electron chi connectivity index (χ4n) is 6.32. The maximum absolute atomic E-state index is 6.30.